The Morgan fingerprint density at radius 3 is 2.53 bits per heavy atom. The van der Waals surface area contributed by atoms with Crippen LogP contribution in [0.4, 0.5) is 13.2 Å². The molecule has 1 N–H and O–H groups in total. The van der Waals surface area contributed by atoms with Gasteiger partial charge >= 0.3 is 18.1 Å². The van der Waals surface area contributed by atoms with Crippen LogP contribution < -0.4 is 0 Å². The first-order valence-electron chi connectivity index (χ1n) is 5.48. The van der Waals surface area contributed by atoms with E-state index in [-0.39, 0.29) is 12.8 Å². The maximum atomic E-state index is 12.6. The molecule has 1 fully saturated rings. The van der Waals surface area contributed by atoms with E-state index in [1.54, 1.807) is 17.5 Å². The van der Waals surface area contributed by atoms with Gasteiger partial charge in [-0.15, -0.1) is 11.3 Å². The molecule has 2 heterocycles. The van der Waals surface area contributed by atoms with Crippen molar-refractivity contribution in [3.05, 3.63) is 22.4 Å². The van der Waals surface area contributed by atoms with Gasteiger partial charge in [-0.2, -0.15) is 13.2 Å². The number of nitrogens with zero attached hydrogens (tertiary/aromatic N) is 1. The molecule has 8 heteroatoms. The van der Waals surface area contributed by atoms with Gasteiger partial charge in [-0.05, 0) is 24.3 Å². The molecule has 0 saturated carbocycles. The molecule has 0 bridgehead atoms. The molecule has 4 nitrogen and oxygen atoms in total. The number of thiophene rings is 1. The Morgan fingerprint density at radius 1 is 1.37 bits per heavy atom. The average Bonchev–Trinajstić information content (AvgIpc) is 2.94. The monoisotopic (exact) mass is 293 g/mol. The lowest BCUT2D eigenvalue weighted by atomic mass is 10.2. The first kappa shape index (κ1) is 13.9. The number of carbonyl (C=O) groups excluding carboxylic acids is 1. The smallest absolute Gasteiger partial charge is 0.471 e. The molecule has 1 aliphatic rings. The summed E-state index contributed by atoms with van der Waals surface area (Å²) in [7, 11) is 0. The van der Waals surface area contributed by atoms with Crippen molar-refractivity contribution in [3.8, 4) is 0 Å². The van der Waals surface area contributed by atoms with E-state index in [0.717, 1.165) is 0 Å². The quantitative estimate of drug-likeness (QED) is 0.911. The summed E-state index contributed by atoms with van der Waals surface area (Å²) in [5, 5.41) is 10.6. The van der Waals surface area contributed by atoms with Crippen molar-refractivity contribution in [2.75, 3.05) is 0 Å². The minimum absolute atomic E-state index is 0.0275. The van der Waals surface area contributed by atoms with Gasteiger partial charge < -0.3 is 10.0 Å². The highest BCUT2D eigenvalue weighted by molar-refractivity contribution is 7.10. The fourth-order valence-electron chi connectivity index (χ4n) is 2.24. The van der Waals surface area contributed by atoms with Crippen molar-refractivity contribution in [2.24, 2.45) is 0 Å². The summed E-state index contributed by atoms with van der Waals surface area (Å²) in [6.45, 7) is 0. The molecule has 1 aliphatic heterocycles. The zero-order chi connectivity index (χ0) is 14.2. The Morgan fingerprint density at radius 2 is 2.05 bits per heavy atom. The maximum absolute atomic E-state index is 12.6. The summed E-state index contributed by atoms with van der Waals surface area (Å²) in [6.07, 6.45) is -4.81. The average molecular weight is 293 g/mol. The summed E-state index contributed by atoms with van der Waals surface area (Å²) in [5.74, 6) is -3.49. The maximum Gasteiger partial charge on any atom is 0.471 e. The third kappa shape index (κ3) is 2.58. The molecule has 1 amide bonds. The Hall–Kier alpha value is -1.57. The van der Waals surface area contributed by atoms with Crippen LogP contribution in [0, 0.1) is 0 Å². The predicted octanol–water partition coefficient (Wildman–Crippen LogP) is 2.43. The number of aliphatic carboxylic acids is 1. The lowest BCUT2D eigenvalue weighted by Gasteiger charge is -2.28. The molecule has 0 spiro atoms. The molecule has 2 atom stereocenters. The van der Waals surface area contributed by atoms with Gasteiger partial charge in [0.25, 0.3) is 0 Å². The molecule has 19 heavy (non-hydrogen) atoms. The van der Waals surface area contributed by atoms with Gasteiger partial charge in [0.15, 0.2) is 0 Å². The van der Waals surface area contributed by atoms with Gasteiger partial charge in [-0.3, -0.25) is 4.79 Å². The van der Waals surface area contributed by atoms with Crippen LogP contribution in [-0.2, 0) is 9.59 Å². The SMILES string of the molecule is O=C(O)[C@@H]1CC[C@@H](c2cccs2)N1C(=O)C(F)(F)F. The van der Waals surface area contributed by atoms with Crippen molar-refractivity contribution in [3.63, 3.8) is 0 Å². The van der Waals surface area contributed by atoms with E-state index < -0.39 is 30.1 Å². The van der Waals surface area contributed by atoms with Crippen LogP contribution in [0.15, 0.2) is 17.5 Å². The lowest BCUT2D eigenvalue weighted by molar-refractivity contribution is -0.190. The fourth-order valence-corrected chi connectivity index (χ4v) is 3.10. The van der Waals surface area contributed by atoms with E-state index in [1.807, 2.05) is 0 Å². The summed E-state index contributed by atoms with van der Waals surface area (Å²) >= 11 is 1.21. The van der Waals surface area contributed by atoms with Gasteiger partial charge in [-0.1, -0.05) is 6.07 Å². The number of rotatable bonds is 2. The van der Waals surface area contributed by atoms with Crippen LogP contribution in [0.2, 0.25) is 0 Å². The molecule has 2 rings (SSSR count). The largest absolute Gasteiger partial charge is 0.480 e. The second-order valence-corrected chi connectivity index (χ2v) is 5.15. The molecule has 0 aliphatic carbocycles. The molecule has 0 aromatic carbocycles. The number of hydrogen-bond acceptors (Lipinski definition) is 3. The highest BCUT2D eigenvalue weighted by Gasteiger charge is 2.51. The van der Waals surface area contributed by atoms with Crippen molar-refractivity contribution in [2.45, 2.75) is 31.1 Å². The van der Waals surface area contributed by atoms with Crippen molar-refractivity contribution in [1.82, 2.24) is 4.90 Å². The van der Waals surface area contributed by atoms with Gasteiger partial charge in [-0.25, -0.2) is 4.79 Å². The normalized spacial score (nSPS) is 23.6. The summed E-state index contributed by atoms with van der Waals surface area (Å²) in [5.41, 5.74) is 0. The van der Waals surface area contributed by atoms with Gasteiger partial charge in [0.05, 0.1) is 6.04 Å². The highest BCUT2D eigenvalue weighted by atomic mass is 32.1. The Bertz CT molecular complexity index is 486. The van der Waals surface area contributed by atoms with E-state index in [4.69, 9.17) is 5.11 Å². The number of carbonyl (C=O) groups is 2. The zero-order valence-corrected chi connectivity index (χ0v) is 10.4. The minimum Gasteiger partial charge on any atom is -0.480 e. The Labute approximate surface area is 110 Å². The number of amides is 1. The molecular weight excluding hydrogens is 283 g/mol. The molecule has 1 aromatic rings. The van der Waals surface area contributed by atoms with E-state index in [1.165, 1.54) is 11.3 Å². The summed E-state index contributed by atoms with van der Waals surface area (Å²) < 4.78 is 37.7. The minimum atomic E-state index is -5.06. The molecule has 1 saturated heterocycles. The third-order valence-corrected chi connectivity index (χ3v) is 3.99. The topological polar surface area (TPSA) is 57.6 Å². The summed E-state index contributed by atoms with van der Waals surface area (Å²) in [4.78, 5) is 23.5. The van der Waals surface area contributed by atoms with Crippen LogP contribution in [0.3, 0.4) is 0 Å². The second kappa shape index (κ2) is 4.84. The zero-order valence-electron chi connectivity index (χ0n) is 9.55. The Balaban J connectivity index is 2.35. The molecule has 104 valence electrons. The number of halogens is 3. The molecule has 0 radical (unpaired) electrons. The standard InChI is InChI=1S/C11H10F3NO3S/c12-11(13,14)10(18)15-6(8-2-1-5-19-8)3-4-7(15)9(16)17/h1-2,5-7H,3-4H2,(H,16,17)/t6-,7-/m0/s1. The van der Waals surface area contributed by atoms with Crippen molar-refractivity contribution >= 4 is 23.2 Å². The van der Waals surface area contributed by atoms with Crippen LogP contribution in [-0.4, -0.2) is 34.1 Å². The first-order valence-corrected chi connectivity index (χ1v) is 6.36. The van der Waals surface area contributed by atoms with Gasteiger partial charge in [0.1, 0.15) is 6.04 Å². The van der Waals surface area contributed by atoms with E-state index >= 15 is 0 Å². The lowest BCUT2D eigenvalue weighted by Crippen LogP contribution is -2.47. The van der Waals surface area contributed by atoms with Gasteiger partial charge in [0, 0.05) is 4.88 Å². The number of carboxylic acids is 1. The van der Waals surface area contributed by atoms with E-state index in [0.29, 0.717) is 9.78 Å². The highest BCUT2D eigenvalue weighted by Crippen LogP contribution is 2.40. The van der Waals surface area contributed by atoms with Crippen molar-refractivity contribution < 1.29 is 27.9 Å². The number of alkyl halides is 3. The summed E-state index contributed by atoms with van der Waals surface area (Å²) in [6, 6.07) is 1.04. The molecule has 1 aromatic heterocycles. The van der Waals surface area contributed by atoms with E-state index in [9.17, 15) is 22.8 Å². The number of likely N-dealkylation sites (tertiary alicyclic amines) is 1. The van der Waals surface area contributed by atoms with Crippen molar-refractivity contribution in [1.29, 1.82) is 0 Å². The van der Waals surface area contributed by atoms with Crippen LogP contribution in [0.25, 0.3) is 0 Å². The Kier molecular flexibility index (Phi) is 3.53. The predicted molar refractivity (Wildman–Crippen MR) is 60.6 cm³/mol. The van der Waals surface area contributed by atoms with Gasteiger partial charge in [0.2, 0.25) is 0 Å². The van der Waals surface area contributed by atoms with Crippen LogP contribution >= 0.6 is 11.3 Å². The molecular formula is C11H10F3NO3S. The number of carboxylic acid groups (broad SMARTS) is 1. The van der Waals surface area contributed by atoms with E-state index in [2.05, 4.69) is 0 Å². The second-order valence-electron chi connectivity index (χ2n) is 4.17. The first-order chi connectivity index (χ1) is 8.82. The van der Waals surface area contributed by atoms with Crippen LogP contribution in [0.1, 0.15) is 23.8 Å². The fraction of sp³-hybridized carbons (Fsp3) is 0.455. The molecule has 0 unspecified atom stereocenters. The number of hydrogen-bond donors (Lipinski definition) is 1. The third-order valence-electron chi connectivity index (χ3n) is 3.02. The van der Waals surface area contributed by atoms with Crippen LogP contribution in [0.5, 0.6) is 0 Å².